The number of benzene rings is 3. The summed E-state index contributed by atoms with van der Waals surface area (Å²) in [6.45, 7) is 6.33. The number of carbonyl (C=O) groups is 2. The molecule has 0 aliphatic heterocycles. The molecule has 0 saturated heterocycles. The number of rotatable bonds is 11. The second kappa shape index (κ2) is 13.5. The highest BCUT2D eigenvalue weighted by molar-refractivity contribution is 9.10. The average molecular weight is 554 g/mol. The Bertz CT molecular complexity index is 1120. The van der Waals surface area contributed by atoms with Crippen LogP contribution in [0.3, 0.4) is 0 Å². The summed E-state index contributed by atoms with van der Waals surface area (Å²) in [5.74, 6) is 0.896. The third-order valence-corrected chi connectivity index (χ3v) is 7.15. The van der Waals surface area contributed by atoms with Crippen LogP contribution in [0.15, 0.2) is 83.3 Å². The van der Waals surface area contributed by atoms with Gasteiger partial charge in [-0.1, -0.05) is 82.7 Å². The standard InChI is InChI=1S/C29H33BrN2O2S/c1-21(2)31-29(34)27(17-23-11-5-4-6-12-23)32(18-24-13-9-15-26(30)16-24)28(33)20-35-19-25-14-8-7-10-22(25)3/h4-16,21,27H,17-20H2,1-3H3,(H,31,34)/t27-/m0/s1. The average Bonchev–Trinajstić information content (AvgIpc) is 2.82. The Balaban J connectivity index is 1.85. The molecule has 0 aromatic heterocycles. The molecule has 0 saturated carbocycles. The van der Waals surface area contributed by atoms with Crippen LogP contribution in [0.25, 0.3) is 0 Å². The van der Waals surface area contributed by atoms with Gasteiger partial charge in [-0.05, 0) is 55.2 Å². The zero-order chi connectivity index (χ0) is 25.2. The molecule has 0 unspecified atom stereocenters. The van der Waals surface area contributed by atoms with Gasteiger partial charge in [-0.3, -0.25) is 9.59 Å². The molecular formula is C29H33BrN2O2S. The van der Waals surface area contributed by atoms with E-state index >= 15 is 0 Å². The molecule has 3 aromatic carbocycles. The number of nitrogens with zero attached hydrogens (tertiary/aromatic N) is 1. The molecule has 0 aliphatic rings. The van der Waals surface area contributed by atoms with Crippen LogP contribution in [0.5, 0.6) is 0 Å². The molecule has 0 bridgehead atoms. The lowest BCUT2D eigenvalue weighted by molar-refractivity contribution is -0.139. The minimum atomic E-state index is -0.606. The summed E-state index contributed by atoms with van der Waals surface area (Å²) in [7, 11) is 0. The fraction of sp³-hybridized carbons (Fsp3) is 0.310. The smallest absolute Gasteiger partial charge is 0.243 e. The third-order valence-electron chi connectivity index (χ3n) is 5.69. The van der Waals surface area contributed by atoms with Gasteiger partial charge in [-0.25, -0.2) is 0 Å². The first-order valence-electron chi connectivity index (χ1n) is 11.8. The van der Waals surface area contributed by atoms with Gasteiger partial charge < -0.3 is 10.2 Å². The highest BCUT2D eigenvalue weighted by atomic mass is 79.9. The van der Waals surface area contributed by atoms with Crippen molar-refractivity contribution in [2.75, 3.05) is 5.75 Å². The summed E-state index contributed by atoms with van der Waals surface area (Å²) in [5.41, 5.74) is 4.45. The first kappa shape index (κ1) is 27.0. The number of carbonyl (C=O) groups excluding carboxylic acids is 2. The van der Waals surface area contributed by atoms with E-state index in [9.17, 15) is 9.59 Å². The van der Waals surface area contributed by atoms with Crippen LogP contribution >= 0.6 is 27.7 Å². The first-order chi connectivity index (χ1) is 16.8. The van der Waals surface area contributed by atoms with E-state index in [0.717, 1.165) is 21.4 Å². The second-order valence-electron chi connectivity index (χ2n) is 8.94. The number of hydrogen-bond donors (Lipinski definition) is 1. The van der Waals surface area contributed by atoms with Crippen LogP contribution in [0.1, 0.15) is 36.1 Å². The van der Waals surface area contributed by atoms with Gasteiger partial charge in [0.05, 0.1) is 5.75 Å². The molecule has 0 spiro atoms. The molecule has 0 radical (unpaired) electrons. The van der Waals surface area contributed by atoms with Gasteiger partial charge in [-0.15, -0.1) is 11.8 Å². The van der Waals surface area contributed by atoms with Crippen molar-refractivity contribution in [1.82, 2.24) is 10.2 Å². The molecule has 0 fully saturated rings. The van der Waals surface area contributed by atoms with Crippen molar-refractivity contribution in [1.29, 1.82) is 0 Å². The lowest BCUT2D eigenvalue weighted by atomic mass is 10.0. The van der Waals surface area contributed by atoms with Crippen molar-refractivity contribution < 1.29 is 9.59 Å². The number of thioether (sulfide) groups is 1. The van der Waals surface area contributed by atoms with Crippen molar-refractivity contribution in [2.24, 2.45) is 0 Å². The Morgan fingerprint density at radius 3 is 2.31 bits per heavy atom. The summed E-state index contributed by atoms with van der Waals surface area (Å²) < 4.78 is 0.947. The molecule has 184 valence electrons. The van der Waals surface area contributed by atoms with E-state index in [1.807, 2.05) is 80.6 Å². The maximum absolute atomic E-state index is 13.6. The van der Waals surface area contributed by atoms with E-state index in [-0.39, 0.29) is 17.9 Å². The largest absolute Gasteiger partial charge is 0.352 e. The summed E-state index contributed by atoms with van der Waals surface area (Å²) in [6.07, 6.45) is 0.460. The van der Waals surface area contributed by atoms with E-state index < -0.39 is 6.04 Å². The Hall–Kier alpha value is -2.57. The molecule has 0 heterocycles. The zero-order valence-electron chi connectivity index (χ0n) is 20.5. The number of hydrogen-bond acceptors (Lipinski definition) is 3. The normalized spacial score (nSPS) is 11.8. The Kier molecular flexibility index (Phi) is 10.4. The Morgan fingerprint density at radius 2 is 1.63 bits per heavy atom. The highest BCUT2D eigenvalue weighted by Crippen LogP contribution is 2.21. The van der Waals surface area contributed by atoms with Crippen LogP contribution in [-0.2, 0) is 28.3 Å². The number of amides is 2. The van der Waals surface area contributed by atoms with Crippen molar-refractivity contribution >= 4 is 39.5 Å². The summed E-state index contributed by atoms with van der Waals surface area (Å²) in [6, 6.07) is 25.4. The fourth-order valence-corrected chi connectivity index (χ4v) is 5.30. The predicted molar refractivity (Wildman–Crippen MR) is 149 cm³/mol. The SMILES string of the molecule is Cc1ccccc1CSCC(=O)N(Cc1cccc(Br)c1)[C@@H](Cc1ccccc1)C(=O)NC(C)C. The molecule has 1 N–H and O–H groups in total. The van der Waals surface area contributed by atoms with Gasteiger partial charge in [0.15, 0.2) is 0 Å². The van der Waals surface area contributed by atoms with Gasteiger partial charge in [0.1, 0.15) is 6.04 Å². The van der Waals surface area contributed by atoms with Gasteiger partial charge >= 0.3 is 0 Å². The van der Waals surface area contributed by atoms with Gasteiger partial charge in [0.25, 0.3) is 0 Å². The minimum absolute atomic E-state index is 0.0148. The number of aryl methyl sites for hydroxylation is 1. The molecule has 2 amide bonds. The Labute approximate surface area is 221 Å². The van der Waals surface area contributed by atoms with Gasteiger partial charge in [-0.2, -0.15) is 0 Å². The van der Waals surface area contributed by atoms with Crippen LogP contribution in [0.2, 0.25) is 0 Å². The van der Waals surface area contributed by atoms with E-state index in [1.165, 1.54) is 11.1 Å². The molecule has 1 atom stereocenters. The van der Waals surface area contributed by atoms with Crippen molar-refractivity contribution in [3.63, 3.8) is 0 Å². The topological polar surface area (TPSA) is 49.4 Å². The monoisotopic (exact) mass is 552 g/mol. The van der Waals surface area contributed by atoms with Crippen LogP contribution < -0.4 is 5.32 Å². The van der Waals surface area contributed by atoms with Crippen molar-refractivity contribution in [3.05, 3.63) is 106 Å². The van der Waals surface area contributed by atoms with E-state index in [1.54, 1.807) is 16.7 Å². The summed E-state index contributed by atoms with van der Waals surface area (Å²) in [5, 5.41) is 3.04. The maximum atomic E-state index is 13.6. The molecule has 35 heavy (non-hydrogen) atoms. The summed E-state index contributed by atoms with van der Waals surface area (Å²) >= 11 is 5.12. The first-order valence-corrected chi connectivity index (χ1v) is 13.8. The predicted octanol–water partition coefficient (Wildman–Crippen LogP) is 6.16. The van der Waals surface area contributed by atoms with Gasteiger partial charge in [0, 0.05) is 29.2 Å². The number of halogens is 1. The molecule has 6 heteroatoms. The fourth-order valence-electron chi connectivity index (χ4n) is 3.87. The van der Waals surface area contributed by atoms with E-state index in [4.69, 9.17) is 0 Å². The molecular weight excluding hydrogens is 520 g/mol. The number of nitrogens with one attached hydrogen (secondary N) is 1. The van der Waals surface area contributed by atoms with E-state index in [2.05, 4.69) is 40.3 Å². The van der Waals surface area contributed by atoms with Crippen molar-refractivity contribution in [3.8, 4) is 0 Å². The molecule has 3 aromatic rings. The minimum Gasteiger partial charge on any atom is -0.352 e. The zero-order valence-corrected chi connectivity index (χ0v) is 22.9. The van der Waals surface area contributed by atoms with Crippen LogP contribution in [0.4, 0.5) is 0 Å². The third kappa shape index (κ3) is 8.55. The Morgan fingerprint density at radius 1 is 0.943 bits per heavy atom. The summed E-state index contributed by atoms with van der Waals surface area (Å²) in [4.78, 5) is 28.8. The second-order valence-corrected chi connectivity index (χ2v) is 10.8. The molecule has 4 nitrogen and oxygen atoms in total. The van der Waals surface area contributed by atoms with Crippen LogP contribution in [-0.4, -0.2) is 34.6 Å². The maximum Gasteiger partial charge on any atom is 0.243 e. The molecule has 0 aliphatic carbocycles. The lowest BCUT2D eigenvalue weighted by Crippen LogP contribution is -2.52. The van der Waals surface area contributed by atoms with Crippen LogP contribution in [0, 0.1) is 6.92 Å². The quantitative estimate of drug-likeness (QED) is 0.310. The molecule has 3 rings (SSSR count). The highest BCUT2D eigenvalue weighted by Gasteiger charge is 2.30. The van der Waals surface area contributed by atoms with Gasteiger partial charge in [0.2, 0.25) is 11.8 Å². The van der Waals surface area contributed by atoms with Crippen molar-refractivity contribution in [2.45, 2.75) is 51.6 Å². The lowest BCUT2D eigenvalue weighted by Gasteiger charge is -2.32. The van der Waals surface area contributed by atoms with E-state index in [0.29, 0.717) is 18.7 Å².